The van der Waals surface area contributed by atoms with Gasteiger partial charge >= 0.3 is 5.97 Å². The van der Waals surface area contributed by atoms with Gasteiger partial charge in [0.1, 0.15) is 6.61 Å². The van der Waals surface area contributed by atoms with Crippen LogP contribution >= 0.6 is 0 Å². The fourth-order valence-corrected chi connectivity index (χ4v) is 8.58. The number of carbonyl (C=O) groups is 1. The van der Waals surface area contributed by atoms with Crippen molar-refractivity contribution in [2.24, 2.45) is 0 Å². The van der Waals surface area contributed by atoms with Crippen molar-refractivity contribution in [3.8, 4) is 0 Å². The van der Waals surface area contributed by atoms with Crippen LogP contribution < -0.4 is 0 Å². The molecule has 0 atom stereocenters. The maximum atomic E-state index is 10.3. The largest absolute Gasteiger partial charge is 0.480 e. The third kappa shape index (κ3) is 110. The molecule has 0 saturated carbocycles. The zero-order valence-electron chi connectivity index (χ0n) is 69.3. The van der Waals surface area contributed by atoms with E-state index in [1.807, 2.05) is 0 Å². The summed E-state index contributed by atoms with van der Waals surface area (Å²) in [6.45, 7) is 34.3. The maximum absolute atomic E-state index is 10.3. The van der Waals surface area contributed by atoms with E-state index in [9.17, 15) is 4.79 Å². The van der Waals surface area contributed by atoms with Crippen LogP contribution in [-0.4, -0.2) is 460 Å². The Hall–Kier alpha value is -1.89. The minimum absolute atomic E-state index is 0.231. The Kier molecular flexibility index (Phi) is 106. The predicted octanol–water partition coefficient (Wildman–Crippen LogP) is 3.39. The number of ether oxygens (including phenoxy) is 34. The molecule has 0 aromatic heterocycles. The Bertz CT molecular complexity index is 1640. The van der Waals surface area contributed by atoms with Crippen molar-refractivity contribution in [1.29, 1.82) is 0 Å². The van der Waals surface area contributed by atoms with E-state index in [1.54, 1.807) is 0 Å². The van der Waals surface area contributed by atoms with Gasteiger partial charge in [0, 0.05) is 6.61 Å². The third-order valence-corrected chi connectivity index (χ3v) is 14.4. The number of hydrogen-bond donors (Lipinski definition) is 1. The highest BCUT2D eigenvalue weighted by molar-refractivity contribution is 5.67. The fraction of sp³-hybridized carbons (Fsp3) is 0.987. The van der Waals surface area contributed by atoms with Gasteiger partial charge in [-0.25, -0.2) is 4.79 Å². The van der Waals surface area contributed by atoms with Crippen LogP contribution in [0, 0.1) is 0 Å². The summed E-state index contributed by atoms with van der Waals surface area (Å²) in [6.07, 6.45) is 9.03. The van der Waals surface area contributed by atoms with E-state index in [4.69, 9.17) is 166 Å². The van der Waals surface area contributed by atoms with Crippen molar-refractivity contribution in [2.45, 2.75) is 51.9 Å². The van der Waals surface area contributed by atoms with E-state index in [-0.39, 0.29) is 13.2 Å². The molecule has 0 bridgehead atoms. The van der Waals surface area contributed by atoms with E-state index >= 15 is 0 Å². The molecular formula is C77H154O36. The molecule has 0 radical (unpaired) electrons. The van der Waals surface area contributed by atoms with Gasteiger partial charge in [-0.05, 0) is 6.42 Å². The molecule has 0 saturated heterocycles. The highest BCUT2D eigenvalue weighted by atomic mass is 16.6. The van der Waals surface area contributed by atoms with E-state index in [1.165, 1.54) is 38.5 Å². The molecule has 678 valence electrons. The molecule has 0 spiro atoms. The third-order valence-electron chi connectivity index (χ3n) is 14.4. The maximum Gasteiger partial charge on any atom is 0.329 e. The van der Waals surface area contributed by atoms with Crippen molar-refractivity contribution >= 4 is 5.97 Å². The fourth-order valence-electron chi connectivity index (χ4n) is 8.58. The Balaban J connectivity index is 3.10. The molecule has 0 amide bonds. The van der Waals surface area contributed by atoms with Crippen LogP contribution in [0.25, 0.3) is 0 Å². The first-order chi connectivity index (χ1) is 56.3. The van der Waals surface area contributed by atoms with Gasteiger partial charge in [0.15, 0.2) is 0 Å². The van der Waals surface area contributed by atoms with Crippen LogP contribution in [-0.2, 0) is 166 Å². The van der Waals surface area contributed by atoms with Gasteiger partial charge in [0.2, 0.25) is 0 Å². The Morgan fingerprint density at radius 1 is 0.133 bits per heavy atom. The average molecular weight is 1660 g/mol. The van der Waals surface area contributed by atoms with Gasteiger partial charge in [-0.1, -0.05) is 45.4 Å². The first-order valence-corrected chi connectivity index (χ1v) is 41.1. The first-order valence-electron chi connectivity index (χ1n) is 41.1. The van der Waals surface area contributed by atoms with Crippen LogP contribution in [0.5, 0.6) is 0 Å². The summed E-state index contributed by atoms with van der Waals surface area (Å²) in [6, 6.07) is 0. The lowest BCUT2D eigenvalue weighted by Gasteiger charge is -2.09. The molecule has 113 heavy (non-hydrogen) atoms. The van der Waals surface area contributed by atoms with Crippen molar-refractivity contribution in [2.75, 3.05) is 449 Å². The number of rotatable bonds is 109. The zero-order chi connectivity index (χ0) is 80.7. The summed E-state index contributed by atoms with van der Waals surface area (Å²) in [4.78, 5) is 10.3. The topological polar surface area (TPSA) is 351 Å². The number of unbranched alkanes of at least 4 members (excludes halogenated alkanes) is 6. The molecule has 0 aromatic rings. The second-order valence-electron chi connectivity index (χ2n) is 23.8. The molecule has 1 N–H and O–H groups in total. The zero-order valence-corrected chi connectivity index (χ0v) is 69.3. The monoisotopic (exact) mass is 1660 g/mol. The van der Waals surface area contributed by atoms with E-state index in [0.717, 1.165) is 13.0 Å². The minimum Gasteiger partial charge on any atom is -0.480 e. The van der Waals surface area contributed by atoms with Crippen LogP contribution in [0.1, 0.15) is 51.9 Å². The second-order valence-corrected chi connectivity index (χ2v) is 23.8. The van der Waals surface area contributed by atoms with Gasteiger partial charge < -0.3 is 166 Å². The molecule has 36 heteroatoms. The summed E-state index contributed by atoms with van der Waals surface area (Å²) in [5.74, 6) is -1.00. The summed E-state index contributed by atoms with van der Waals surface area (Å²) in [5, 5.41) is 8.47. The summed E-state index contributed by atoms with van der Waals surface area (Å²) >= 11 is 0. The number of aliphatic carboxylic acids is 1. The van der Waals surface area contributed by atoms with Gasteiger partial charge in [-0.2, -0.15) is 0 Å². The molecule has 0 heterocycles. The average Bonchev–Trinajstić information content (AvgIpc) is 3.78. The number of hydrogen-bond acceptors (Lipinski definition) is 35. The molecular weight excluding hydrogens is 1500 g/mol. The summed E-state index contributed by atoms with van der Waals surface area (Å²) in [7, 11) is 0. The van der Waals surface area contributed by atoms with E-state index in [2.05, 4.69) is 6.92 Å². The molecule has 0 aromatic carbocycles. The smallest absolute Gasteiger partial charge is 0.329 e. The number of carboxylic acids is 1. The van der Waals surface area contributed by atoms with Crippen LogP contribution in [0.3, 0.4) is 0 Å². The van der Waals surface area contributed by atoms with Crippen molar-refractivity contribution in [3.05, 3.63) is 0 Å². The summed E-state index contributed by atoms with van der Waals surface area (Å²) < 4.78 is 187. The standard InChI is InChI=1S/C77H154O36/c1-2-3-4-5-6-7-8-9-80-10-11-81-12-13-82-14-15-83-16-17-84-18-19-85-20-21-86-22-23-87-24-25-88-26-27-89-28-29-90-30-31-91-32-33-92-34-35-93-36-37-94-38-39-95-40-41-96-42-43-97-44-45-98-46-47-99-48-49-100-50-51-101-52-53-102-54-55-103-56-57-104-58-59-105-60-61-106-62-63-107-64-65-108-66-67-109-68-69-110-70-71-111-72-73-112-74-75-113-76-77(78)79/h2-76H2,1H3,(H,78,79). The second kappa shape index (κ2) is 108. The van der Waals surface area contributed by atoms with E-state index < -0.39 is 5.97 Å². The Labute approximate surface area is 675 Å². The molecule has 0 aliphatic rings. The van der Waals surface area contributed by atoms with Crippen molar-refractivity contribution in [1.82, 2.24) is 0 Å². The van der Waals surface area contributed by atoms with Gasteiger partial charge in [-0.15, -0.1) is 0 Å². The van der Waals surface area contributed by atoms with Gasteiger partial charge in [0.05, 0.1) is 436 Å². The molecule has 0 aliphatic heterocycles. The molecule has 0 rings (SSSR count). The van der Waals surface area contributed by atoms with Crippen LogP contribution in [0.2, 0.25) is 0 Å². The lowest BCUT2D eigenvalue weighted by atomic mass is 10.1. The Morgan fingerprint density at radius 2 is 0.221 bits per heavy atom. The van der Waals surface area contributed by atoms with Crippen LogP contribution in [0.15, 0.2) is 0 Å². The molecule has 0 unspecified atom stereocenters. The van der Waals surface area contributed by atoms with Crippen LogP contribution in [0.4, 0.5) is 0 Å². The SMILES string of the molecule is CCCCCCCCCOCCOCCOCCOCCOCCOCCOCCOCCOCCOCCOCCOCCOCCOCCOCCOCCOCCOCCOCCOCCOCCOCCOCCOCCOCCOCCOCCOCCOCCOCCOCCOCCOCCOCC(=O)O. The highest BCUT2D eigenvalue weighted by Gasteiger charge is 2.04. The predicted molar refractivity (Wildman–Crippen MR) is 413 cm³/mol. The van der Waals surface area contributed by atoms with Crippen molar-refractivity contribution < 1.29 is 171 Å². The van der Waals surface area contributed by atoms with Gasteiger partial charge in [-0.3, -0.25) is 0 Å². The van der Waals surface area contributed by atoms with Gasteiger partial charge in [0.25, 0.3) is 0 Å². The Morgan fingerprint density at radius 3 is 0.327 bits per heavy atom. The normalized spacial score (nSPS) is 11.8. The quantitative estimate of drug-likeness (QED) is 0.0853. The highest BCUT2D eigenvalue weighted by Crippen LogP contribution is 2.07. The minimum atomic E-state index is -1.00. The van der Waals surface area contributed by atoms with Crippen molar-refractivity contribution in [3.63, 3.8) is 0 Å². The first kappa shape index (κ1) is 111. The number of carboxylic acid groups (broad SMARTS) is 1. The molecule has 36 nitrogen and oxygen atoms in total. The lowest BCUT2D eigenvalue weighted by molar-refractivity contribution is -0.142. The lowest BCUT2D eigenvalue weighted by Crippen LogP contribution is -2.16. The molecule has 0 fully saturated rings. The van der Waals surface area contributed by atoms with E-state index in [0.29, 0.717) is 429 Å². The molecule has 0 aliphatic carbocycles. The summed E-state index contributed by atoms with van der Waals surface area (Å²) in [5.41, 5.74) is 0.